The highest BCUT2D eigenvalue weighted by Gasteiger charge is 2.78. The molecule has 4 heterocycles. The molecule has 5 atom stereocenters. The molecule has 0 saturated carbocycles. The number of aliphatic hydroxyl groups excluding tert-OH is 1. The summed E-state index contributed by atoms with van der Waals surface area (Å²) in [6, 6.07) is 6.68. The first kappa shape index (κ1) is 31.8. The average molecular weight is 607 g/mol. The van der Waals surface area contributed by atoms with Gasteiger partial charge in [-0.05, 0) is 51.2 Å². The summed E-state index contributed by atoms with van der Waals surface area (Å²) in [6.07, 6.45) is 8.28. The summed E-state index contributed by atoms with van der Waals surface area (Å²) >= 11 is 0. The van der Waals surface area contributed by atoms with Gasteiger partial charge in [-0.25, -0.2) is 4.68 Å². The molecule has 3 aliphatic heterocycles. The molecule has 11 heteroatoms. The molecule has 0 radical (unpaired) electrons. The maximum Gasteiger partial charge on any atom is 0.250 e. The summed E-state index contributed by atoms with van der Waals surface area (Å²) in [4.78, 5) is 48.5. The minimum absolute atomic E-state index is 0.109. The summed E-state index contributed by atoms with van der Waals surface area (Å²) < 4.78 is 8.53. The molecule has 44 heavy (non-hydrogen) atoms. The van der Waals surface area contributed by atoms with Gasteiger partial charge in [0.25, 0.3) is 0 Å². The number of fused-ring (bicyclic) bond motifs is 2. The van der Waals surface area contributed by atoms with Gasteiger partial charge in [0.2, 0.25) is 17.7 Å². The van der Waals surface area contributed by atoms with Crippen LogP contribution in [0.15, 0.2) is 49.6 Å². The molecule has 3 fully saturated rings. The highest BCUT2D eigenvalue weighted by Crippen LogP contribution is 2.63. The van der Waals surface area contributed by atoms with Crippen LogP contribution in [0.3, 0.4) is 0 Å². The van der Waals surface area contributed by atoms with E-state index in [1.54, 1.807) is 31.5 Å². The predicted molar refractivity (Wildman–Crippen MR) is 166 cm³/mol. The van der Waals surface area contributed by atoms with Crippen molar-refractivity contribution in [1.29, 1.82) is 0 Å². The number of aromatic nitrogens is 3. The summed E-state index contributed by atoms with van der Waals surface area (Å²) in [7, 11) is 0. The number of benzene rings is 1. The molecule has 11 nitrogen and oxygen atoms in total. The molecule has 3 saturated heterocycles. The first-order valence-electron chi connectivity index (χ1n) is 16.0. The predicted octanol–water partition coefficient (Wildman–Crippen LogP) is 3.15. The first-order chi connectivity index (χ1) is 21.3. The van der Waals surface area contributed by atoms with E-state index < -0.39 is 29.1 Å². The van der Waals surface area contributed by atoms with Crippen molar-refractivity contribution < 1.29 is 24.2 Å². The van der Waals surface area contributed by atoms with Crippen molar-refractivity contribution in [2.75, 3.05) is 32.8 Å². The summed E-state index contributed by atoms with van der Waals surface area (Å²) in [5, 5.41) is 17.8. The van der Waals surface area contributed by atoms with E-state index in [-0.39, 0.29) is 37.5 Å². The van der Waals surface area contributed by atoms with Crippen molar-refractivity contribution in [1.82, 2.24) is 29.7 Å². The fourth-order valence-electron chi connectivity index (χ4n) is 7.71. The van der Waals surface area contributed by atoms with Crippen molar-refractivity contribution in [2.45, 2.75) is 82.7 Å². The molecule has 3 aliphatic rings. The minimum atomic E-state index is -1.11. The normalized spacial score (nSPS) is 27.1. The highest BCUT2D eigenvalue weighted by atomic mass is 16.5. The number of ether oxygens (including phenoxy) is 1. The number of carbonyl (C=O) groups excluding carboxylic acids is 3. The fourth-order valence-corrected chi connectivity index (χ4v) is 7.71. The second-order valence-electron chi connectivity index (χ2n) is 12.5. The molecule has 1 aromatic carbocycles. The number of amides is 3. The van der Waals surface area contributed by atoms with Crippen molar-refractivity contribution >= 4 is 28.8 Å². The Morgan fingerprint density at radius 2 is 1.82 bits per heavy atom. The molecule has 5 rings (SSSR count). The second kappa shape index (κ2) is 13.2. The van der Waals surface area contributed by atoms with Crippen LogP contribution in [-0.4, -0.2) is 103 Å². The Morgan fingerprint density at radius 1 is 1.09 bits per heavy atom. The molecule has 1 spiro atoms. The summed E-state index contributed by atoms with van der Waals surface area (Å²) in [6.45, 7) is 13.5. The topological polar surface area (TPSA) is 121 Å². The number of likely N-dealkylation sites (tertiary alicyclic amines) is 1. The van der Waals surface area contributed by atoms with E-state index in [9.17, 15) is 19.5 Å². The van der Waals surface area contributed by atoms with Crippen molar-refractivity contribution in [3.8, 4) is 0 Å². The standard InChI is InChI=1S/C33H46N6O5/c1-5-18-36(19-6-2)29(41)26-27-30(42)38(21-12-8-9-13-22-40)28(33(27)17-16-32(26,4)44-33)31(43)37(20-7-3)23-39-25-15-11-10-14-24(25)34-35-39/h5,7,10-11,14-15,26-28,40H,1,3,6,8-9,12-13,16-23H2,2,4H3/t26-,27+,28?,32+,33?/m1/s1. The van der Waals surface area contributed by atoms with E-state index in [0.29, 0.717) is 45.3 Å². The lowest BCUT2D eigenvalue weighted by molar-refractivity contribution is -0.154. The van der Waals surface area contributed by atoms with Crippen LogP contribution >= 0.6 is 0 Å². The van der Waals surface area contributed by atoms with Gasteiger partial charge in [0.15, 0.2) is 0 Å². The SMILES string of the molecule is C=CCN(Cn1nnc2ccccc21)C(=O)C1N(CCCCCCO)C(=O)[C@@H]2[C@H](C(=O)N(CC=C)CCC)[C@]3(C)CCC12O3. The van der Waals surface area contributed by atoms with E-state index in [0.717, 1.165) is 30.3 Å². The van der Waals surface area contributed by atoms with Crippen LogP contribution in [0.25, 0.3) is 11.0 Å². The number of hydrogen-bond acceptors (Lipinski definition) is 7. The fraction of sp³-hybridized carbons (Fsp3) is 0.606. The third-order valence-electron chi connectivity index (χ3n) is 9.62. The number of unbranched alkanes of at least 4 members (excludes halogenated alkanes) is 3. The highest BCUT2D eigenvalue weighted by molar-refractivity contribution is 5.99. The van der Waals surface area contributed by atoms with Crippen LogP contribution in [0, 0.1) is 11.8 Å². The number of rotatable bonds is 16. The third-order valence-corrected chi connectivity index (χ3v) is 9.62. The van der Waals surface area contributed by atoms with Gasteiger partial charge in [0.05, 0.1) is 23.0 Å². The van der Waals surface area contributed by atoms with E-state index in [1.807, 2.05) is 38.1 Å². The zero-order chi connectivity index (χ0) is 31.5. The van der Waals surface area contributed by atoms with Crippen molar-refractivity contribution in [3.63, 3.8) is 0 Å². The first-order valence-corrected chi connectivity index (χ1v) is 16.0. The molecule has 2 bridgehead atoms. The number of hydrogen-bond donors (Lipinski definition) is 1. The van der Waals surface area contributed by atoms with Gasteiger partial charge in [-0.15, -0.1) is 18.3 Å². The Hall–Kier alpha value is -3.57. The quantitative estimate of drug-likeness (QED) is 0.230. The summed E-state index contributed by atoms with van der Waals surface area (Å²) in [5.41, 5.74) is -0.435. The smallest absolute Gasteiger partial charge is 0.250 e. The molecular weight excluding hydrogens is 560 g/mol. The maximum atomic E-state index is 14.7. The molecule has 1 N–H and O–H groups in total. The van der Waals surface area contributed by atoms with Crippen molar-refractivity contribution in [3.05, 3.63) is 49.6 Å². The minimum Gasteiger partial charge on any atom is -0.396 e. The molecule has 2 aromatic rings. The molecule has 3 amide bonds. The lowest BCUT2D eigenvalue weighted by Crippen LogP contribution is -2.56. The molecule has 238 valence electrons. The molecule has 0 aliphatic carbocycles. The lowest BCUT2D eigenvalue weighted by atomic mass is 9.66. The number of nitrogens with zero attached hydrogens (tertiary/aromatic N) is 6. The van der Waals surface area contributed by atoms with Crippen LogP contribution < -0.4 is 0 Å². The van der Waals surface area contributed by atoms with Crippen molar-refractivity contribution in [2.24, 2.45) is 11.8 Å². The second-order valence-corrected chi connectivity index (χ2v) is 12.5. The van der Waals surface area contributed by atoms with E-state index >= 15 is 0 Å². The summed E-state index contributed by atoms with van der Waals surface area (Å²) in [5.74, 6) is -1.97. The molecule has 2 unspecified atom stereocenters. The van der Waals surface area contributed by atoms with E-state index in [4.69, 9.17) is 4.74 Å². The third kappa shape index (κ3) is 5.45. The zero-order valence-electron chi connectivity index (χ0n) is 26.1. The Labute approximate surface area is 259 Å². The van der Waals surface area contributed by atoms with Crippen LogP contribution in [-0.2, 0) is 25.8 Å². The van der Waals surface area contributed by atoms with Gasteiger partial charge in [-0.1, -0.05) is 49.3 Å². The number of carbonyl (C=O) groups is 3. The van der Waals surface area contributed by atoms with Gasteiger partial charge in [0.1, 0.15) is 23.8 Å². The Balaban J connectivity index is 1.51. The number of para-hydroxylation sites is 1. The van der Waals surface area contributed by atoms with Gasteiger partial charge >= 0.3 is 0 Å². The molecular formula is C33H46N6O5. The molecule has 1 aromatic heterocycles. The van der Waals surface area contributed by atoms with Gasteiger partial charge in [0, 0.05) is 32.8 Å². The van der Waals surface area contributed by atoms with Crippen LogP contribution in [0.2, 0.25) is 0 Å². The van der Waals surface area contributed by atoms with Crippen LogP contribution in [0.5, 0.6) is 0 Å². The van der Waals surface area contributed by atoms with Crippen LogP contribution in [0.1, 0.15) is 58.8 Å². The zero-order valence-corrected chi connectivity index (χ0v) is 26.1. The Kier molecular flexibility index (Phi) is 9.55. The van der Waals surface area contributed by atoms with E-state index in [2.05, 4.69) is 23.5 Å². The largest absolute Gasteiger partial charge is 0.396 e. The number of aliphatic hydroxyl groups is 1. The lowest BCUT2D eigenvalue weighted by Gasteiger charge is -2.37. The maximum absolute atomic E-state index is 14.7. The van der Waals surface area contributed by atoms with Gasteiger partial charge in [-0.2, -0.15) is 0 Å². The Bertz CT molecular complexity index is 1390. The van der Waals surface area contributed by atoms with Gasteiger partial charge < -0.3 is 24.5 Å². The average Bonchev–Trinajstić information content (AvgIpc) is 3.72. The Morgan fingerprint density at radius 3 is 2.55 bits per heavy atom. The van der Waals surface area contributed by atoms with Gasteiger partial charge in [-0.3, -0.25) is 14.4 Å². The van der Waals surface area contributed by atoms with E-state index in [1.165, 1.54) is 0 Å². The monoisotopic (exact) mass is 606 g/mol. The van der Waals surface area contributed by atoms with Crippen LogP contribution in [0.4, 0.5) is 0 Å².